The molecule has 2 N–H and O–H groups in total. The van der Waals surface area contributed by atoms with Gasteiger partial charge in [0.1, 0.15) is 6.54 Å². The molecule has 18 heavy (non-hydrogen) atoms. The Labute approximate surface area is 104 Å². The van der Waals surface area contributed by atoms with Gasteiger partial charge in [-0.05, 0) is 0 Å². The molecule has 1 fully saturated rings. The molecule has 1 aliphatic heterocycles. The summed E-state index contributed by atoms with van der Waals surface area (Å²) in [5.41, 5.74) is 0. The van der Waals surface area contributed by atoms with Crippen LogP contribution in [0.2, 0.25) is 0 Å². The third kappa shape index (κ3) is 3.19. The number of carbonyl (C=O) groups is 4. The van der Waals surface area contributed by atoms with E-state index in [1.807, 2.05) is 0 Å². The van der Waals surface area contributed by atoms with Gasteiger partial charge in [-0.15, -0.1) is 0 Å². The molecule has 0 radical (unpaired) electrons. The third-order valence-electron chi connectivity index (χ3n) is 2.63. The van der Waals surface area contributed by atoms with Crippen LogP contribution >= 0.6 is 0 Å². The largest absolute Gasteiger partial charge is 0.481 e. The molecule has 0 aromatic carbocycles. The summed E-state index contributed by atoms with van der Waals surface area (Å²) in [7, 11) is 1.43. The van der Waals surface area contributed by atoms with Crippen molar-refractivity contribution in [2.24, 2.45) is 5.92 Å². The molecule has 0 aromatic heterocycles. The topological polar surface area (TPSA) is 107 Å². The van der Waals surface area contributed by atoms with Crippen molar-refractivity contribution >= 4 is 23.8 Å². The summed E-state index contributed by atoms with van der Waals surface area (Å²) < 4.78 is 0. The van der Waals surface area contributed by atoms with Crippen LogP contribution in [0.1, 0.15) is 6.92 Å². The van der Waals surface area contributed by atoms with E-state index in [-0.39, 0.29) is 19.6 Å². The van der Waals surface area contributed by atoms with Gasteiger partial charge in [0.25, 0.3) is 5.91 Å². The number of aliphatic carboxylic acids is 1. The van der Waals surface area contributed by atoms with Crippen LogP contribution in [0.3, 0.4) is 0 Å². The second-order valence-electron chi connectivity index (χ2n) is 4.15. The number of rotatable bonds is 5. The summed E-state index contributed by atoms with van der Waals surface area (Å²) in [4.78, 5) is 46.8. The Balaban J connectivity index is 2.52. The van der Waals surface area contributed by atoms with Crippen molar-refractivity contribution in [3.63, 3.8) is 0 Å². The number of hydrogen-bond donors (Lipinski definition) is 2. The van der Waals surface area contributed by atoms with Gasteiger partial charge in [-0.1, -0.05) is 6.92 Å². The minimum atomic E-state index is -1.01. The first-order valence-corrected chi connectivity index (χ1v) is 5.38. The second-order valence-corrected chi connectivity index (χ2v) is 4.15. The molecule has 100 valence electrons. The molecule has 0 spiro atoms. The van der Waals surface area contributed by atoms with E-state index in [9.17, 15) is 19.2 Å². The van der Waals surface area contributed by atoms with Gasteiger partial charge in [-0.2, -0.15) is 0 Å². The van der Waals surface area contributed by atoms with Crippen molar-refractivity contribution < 1.29 is 24.3 Å². The van der Waals surface area contributed by atoms with Gasteiger partial charge in [0.15, 0.2) is 0 Å². The van der Waals surface area contributed by atoms with Gasteiger partial charge in [-0.3, -0.25) is 19.3 Å². The predicted octanol–water partition coefficient (Wildman–Crippen LogP) is -1.28. The van der Waals surface area contributed by atoms with Crippen molar-refractivity contribution in [1.82, 2.24) is 15.1 Å². The Morgan fingerprint density at radius 1 is 1.50 bits per heavy atom. The molecule has 0 bridgehead atoms. The highest BCUT2D eigenvalue weighted by Gasteiger charge is 2.31. The minimum absolute atomic E-state index is 0.0256. The van der Waals surface area contributed by atoms with E-state index in [0.29, 0.717) is 0 Å². The van der Waals surface area contributed by atoms with Crippen molar-refractivity contribution in [1.29, 1.82) is 0 Å². The van der Waals surface area contributed by atoms with Crippen LogP contribution in [0, 0.1) is 5.92 Å². The van der Waals surface area contributed by atoms with Crippen LogP contribution in [0.5, 0.6) is 0 Å². The normalized spacial score (nSPS) is 16.4. The maximum Gasteiger partial charge on any atom is 0.325 e. The summed E-state index contributed by atoms with van der Waals surface area (Å²) in [5.74, 6) is -2.66. The smallest absolute Gasteiger partial charge is 0.325 e. The van der Waals surface area contributed by atoms with Gasteiger partial charge >= 0.3 is 12.0 Å². The molecule has 0 aliphatic carbocycles. The van der Waals surface area contributed by atoms with E-state index < -0.39 is 29.7 Å². The Kier molecular flexibility index (Phi) is 4.24. The van der Waals surface area contributed by atoms with Crippen LogP contribution in [-0.2, 0) is 14.4 Å². The second kappa shape index (κ2) is 5.48. The fraction of sp³-hybridized carbons (Fsp3) is 0.600. The van der Waals surface area contributed by atoms with Crippen molar-refractivity contribution in [2.75, 3.05) is 26.7 Å². The zero-order valence-electron chi connectivity index (χ0n) is 10.2. The summed E-state index contributed by atoms with van der Waals surface area (Å²) in [6.07, 6.45) is 0. The first-order valence-electron chi connectivity index (χ1n) is 5.38. The molecule has 1 saturated heterocycles. The highest BCUT2D eigenvalue weighted by molar-refractivity contribution is 6.04. The molecule has 1 unspecified atom stereocenters. The number of amides is 4. The van der Waals surface area contributed by atoms with E-state index in [4.69, 9.17) is 5.11 Å². The molecule has 1 aliphatic rings. The van der Waals surface area contributed by atoms with E-state index in [0.717, 1.165) is 4.90 Å². The quantitative estimate of drug-likeness (QED) is 0.596. The van der Waals surface area contributed by atoms with Crippen LogP contribution in [0.4, 0.5) is 4.79 Å². The summed E-state index contributed by atoms with van der Waals surface area (Å²) in [6.45, 7) is 1.02. The molecule has 1 heterocycles. The Bertz CT molecular complexity index is 379. The summed E-state index contributed by atoms with van der Waals surface area (Å²) in [6, 6.07) is -0.604. The maximum atomic E-state index is 11.7. The molecule has 1 rings (SSSR count). The van der Waals surface area contributed by atoms with E-state index in [1.54, 1.807) is 0 Å². The molecule has 8 nitrogen and oxygen atoms in total. The highest BCUT2D eigenvalue weighted by Crippen LogP contribution is 2.03. The number of carboxylic acid groups (broad SMARTS) is 1. The molecule has 0 saturated carbocycles. The van der Waals surface area contributed by atoms with E-state index in [2.05, 4.69) is 5.32 Å². The average molecular weight is 257 g/mol. The number of nitrogens with zero attached hydrogens (tertiary/aromatic N) is 2. The zero-order chi connectivity index (χ0) is 13.9. The molecular weight excluding hydrogens is 242 g/mol. The lowest BCUT2D eigenvalue weighted by atomic mass is 10.2. The van der Waals surface area contributed by atoms with Crippen LogP contribution in [0.25, 0.3) is 0 Å². The zero-order valence-corrected chi connectivity index (χ0v) is 10.2. The molecule has 8 heteroatoms. The van der Waals surface area contributed by atoms with Gasteiger partial charge in [0, 0.05) is 13.6 Å². The van der Waals surface area contributed by atoms with Gasteiger partial charge < -0.3 is 15.3 Å². The average Bonchev–Trinajstić information content (AvgIpc) is 2.60. The minimum Gasteiger partial charge on any atom is -0.481 e. The number of carbonyl (C=O) groups excluding carboxylic acids is 3. The predicted molar refractivity (Wildman–Crippen MR) is 59.5 cm³/mol. The SMILES string of the molecule is CC(CN(C)C(=O)CN1C(=O)CNC1=O)C(=O)O. The van der Waals surface area contributed by atoms with Crippen molar-refractivity contribution in [2.45, 2.75) is 6.92 Å². The summed E-state index contributed by atoms with van der Waals surface area (Å²) in [5, 5.41) is 11.0. The summed E-state index contributed by atoms with van der Waals surface area (Å²) >= 11 is 0. The van der Waals surface area contributed by atoms with Crippen LogP contribution in [-0.4, -0.2) is 65.4 Å². The lowest BCUT2D eigenvalue weighted by Gasteiger charge is -2.21. The molecule has 1 atom stereocenters. The first-order chi connectivity index (χ1) is 8.32. The first kappa shape index (κ1) is 13.9. The van der Waals surface area contributed by atoms with Gasteiger partial charge in [0.05, 0.1) is 12.5 Å². The fourth-order valence-electron chi connectivity index (χ4n) is 1.46. The lowest BCUT2D eigenvalue weighted by molar-refractivity contribution is -0.143. The van der Waals surface area contributed by atoms with Crippen molar-refractivity contribution in [3.05, 3.63) is 0 Å². The number of nitrogens with one attached hydrogen (secondary N) is 1. The number of imide groups is 1. The monoisotopic (exact) mass is 257 g/mol. The number of likely N-dealkylation sites (N-methyl/N-ethyl adjacent to an activating group) is 1. The van der Waals surface area contributed by atoms with E-state index in [1.165, 1.54) is 18.9 Å². The molecular formula is C10H15N3O5. The van der Waals surface area contributed by atoms with Crippen LogP contribution < -0.4 is 5.32 Å². The Morgan fingerprint density at radius 3 is 2.56 bits per heavy atom. The molecule has 0 aromatic rings. The Morgan fingerprint density at radius 2 is 2.11 bits per heavy atom. The highest BCUT2D eigenvalue weighted by atomic mass is 16.4. The van der Waals surface area contributed by atoms with Gasteiger partial charge in [-0.25, -0.2) is 4.79 Å². The number of hydrogen-bond acceptors (Lipinski definition) is 4. The lowest BCUT2D eigenvalue weighted by Crippen LogP contribution is -2.43. The maximum absolute atomic E-state index is 11.7. The van der Waals surface area contributed by atoms with Crippen molar-refractivity contribution in [3.8, 4) is 0 Å². The number of urea groups is 1. The Hall–Kier alpha value is -2.12. The third-order valence-corrected chi connectivity index (χ3v) is 2.63. The molecule has 4 amide bonds. The van der Waals surface area contributed by atoms with E-state index >= 15 is 0 Å². The standard InChI is InChI=1S/C10H15N3O5/c1-6(9(16)17)4-12(2)8(15)5-13-7(14)3-11-10(13)18/h6H,3-5H2,1-2H3,(H,11,18)(H,16,17). The fourth-order valence-corrected chi connectivity index (χ4v) is 1.46. The number of carboxylic acids is 1. The van der Waals surface area contributed by atoms with Crippen LogP contribution in [0.15, 0.2) is 0 Å². The van der Waals surface area contributed by atoms with Gasteiger partial charge in [0.2, 0.25) is 5.91 Å².